The third-order valence-corrected chi connectivity index (χ3v) is 0.800. The second-order valence-electron chi connectivity index (χ2n) is 1.38. The summed E-state index contributed by atoms with van der Waals surface area (Å²) >= 11 is 0. The zero-order chi connectivity index (χ0) is 4.57. The van der Waals surface area contributed by atoms with Crippen molar-refractivity contribution in [2.45, 2.75) is 0 Å². The lowest BCUT2D eigenvalue weighted by atomic mass is 10.7. The maximum Gasteiger partial charge on any atom is 0.223 e. The molecule has 1 amide bonds. The molecule has 1 heterocycles. The molecule has 6 heavy (non-hydrogen) atoms. The molecule has 0 N–H and O–H groups in total. The van der Waals surface area contributed by atoms with Gasteiger partial charge in [-0.2, -0.15) is 0 Å². The lowest BCUT2D eigenvalue weighted by molar-refractivity contribution is -0.121. The summed E-state index contributed by atoms with van der Waals surface area (Å²) < 4.78 is 0. The van der Waals surface area contributed by atoms with Gasteiger partial charge in [-0.3, -0.25) is 4.79 Å². The highest BCUT2D eigenvalue weighted by atomic mass is 16.2. The molecule has 1 aliphatic rings. The Balaban J connectivity index is 2.31. The van der Waals surface area contributed by atoms with E-state index in [9.17, 15) is 4.79 Å². The van der Waals surface area contributed by atoms with Gasteiger partial charge >= 0.3 is 0 Å². The van der Waals surface area contributed by atoms with E-state index >= 15 is 0 Å². The van der Waals surface area contributed by atoms with Gasteiger partial charge in [0.05, 0.1) is 0 Å². The van der Waals surface area contributed by atoms with E-state index in [-0.39, 0.29) is 5.91 Å². The molecule has 0 aliphatic carbocycles. The summed E-state index contributed by atoms with van der Waals surface area (Å²) in [6.07, 6.45) is 0. The molecule has 1 saturated heterocycles. The Kier molecular flexibility index (Phi) is 0.587. The Morgan fingerprint density at radius 2 is 2.17 bits per heavy atom. The fourth-order valence-corrected chi connectivity index (χ4v) is 0.299. The highest BCUT2D eigenvalue weighted by molar-refractivity contribution is 5.82. The third-order valence-electron chi connectivity index (χ3n) is 0.800. The van der Waals surface area contributed by atoms with E-state index in [0.29, 0.717) is 0 Å². The average molecular weight is 84.1 g/mol. The fourth-order valence-electron chi connectivity index (χ4n) is 0.299. The molecule has 0 spiro atoms. The summed E-state index contributed by atoms with van der Waals surface area (Å²) in [5.41, 5.74) is 0. The summed E-state index contributed by atoms with van der Waals surface area (Å²) in [5, 5.41) is 0. The van der Waals surface area contributed by atoms with Gasteiger partial charge in [0, 0.05) is 20.0 Å². The van der Waals surface area contributed by atoms with Crippen molar-refractivity contribution in [3.05, 3.63) is 6.92 Å². The molecule has 33 valence electrons. The van der Waals surface area contributed by atoms with Crippen molar-refractivity contribution in [1.82, 2.24) is 4.90 Å². The summed E-state index contributed by atoms with van der Waals surface area (Å²) in [6, 6.07) is 0. The molecule has 1 aliphatic heterocycles. The quantitative estimate of drug-likeness (QED) is 0.368. The highest BCUT2D eigenvalue weighted by Crippen LogP contribution is 2.00. The topological polar surface area (TPSA) is 20.1 Å². The zero-order valence-corrected chi connectivity index (χ0v) is 3.48. The maximum atomic E-state index is 10.0. The molecule has 0 aromatic carbocycles. The lowest BCUT2D eigenvalue weighted by Gasteiger charge is -1.85. The van der Waals surface area contributed by atoms with E-state index in [1.54, 1.807) is 4.90 Å². The minimum absolute atomic E-state index is 0.0463. The van der Waals surface area contributed by atoms with Crippen LogP contribution in [0.4, 0.5) is 0 Å². The molecule has 0 aromatic heterocycles. The van der Waals surface area contributed by atoms with Crippen LogP contribution in [0.5, 0.6) is 0 Å². The Morgan fingerprint density at radius 3 is 2.17 bits per heavy atom. The van der Waals surface area contributed by atoms with E-state index in [0.717, 1.165) is 13.1 Å². The van der Waals surface area contributed by atoms with E-state index in [1.807, 2.05) is 0 Å². The Bertz CT molecular complexity index is 75.6. The van der Waals surface area contributed by atoms with Gasteiger partial charge in [0.2, 0.25) is 5.91 Å². The van der Waals surface area contributed by atoms with Crippen LogP contribution in [0, 0.1) is 6.92 Å². The zero-order valence-electron chi connectivity index (χ0n) is 3.48. The minimum atomic E-state index is -0.0463. The lowest BCUT2D eigenvalue weighted by Crippen LogP contribution is -2.02. The summed E-state index contributed by atoms with van der Waals surface area (Å²) in [7, 11) is 0. The SMILES string of the molecule is [CH2]C(=O)N1CC1. The summed E-state index contributed by atoms with van der Waals surface area (Å²) in [4.78, 5) is 11.7. The summed E-state index contributed by atoms with van der Waals surface area (Å²) in [5.74, 6) is -0.0463. The van der Waals surface area contributed by atoms with Crippen molar-refractivity contribution in [3.8, 4) is 0 Å². The smallest absolute Gasteiger partial charge is 0.223 e. The standard InChI is InChI=1S/C4H6NO/c1-4(6)5-2-3-5/h1-3H2. The van der Waals surface area contributed by atoms with Gasteiger partial charge in [0.15, 0.2) is 0 Å². The number of nitrogens with zero attached hydrogens (tertiary/aromatic N) is 1. The van der Waals surface area contributed by atoms with E-state index < -0.39 is 0 Å². The number of rotatable bonds is 0. The predicted octanol–water partition coefficient (Wildman–Crippen LogP) is -0.337. The van der Waals surface area contributed by atoms with Gasteiger partial charge in [0.1, 0.15) is 0 Å². The highest BCUT2D eigenvalue weighted by Gasteiger charge is 2.18. The first-order valence-electron chi connectivity index (χ1n) is 1.91. The Morgan fingerprint density at radius 1 is 1.67 bits per heavy atom. The van der Waals surface area contributed by atoms with Crippen LogP contribution in [0.3, 0.4) is 0 Å². The van der Waals surface area contributed by atoms with E-state index in [1.165, 1.54) is 0 Å². The van der Waals surface area contributed by atoms with Crippen LogP contribution in [0.2, 0.25) is 0 Å². The monoisotopic (exact) mass is 84.0 g/mol. The van der Waals surface area contributed by atoms with Crippen molar-refractivity contribution in [2.24, 2.45) is 0 Å². The molecular formula is C4H6NO. The molecule has 0 bridgehead atoms. The van der Waals surface area contributed by atoms with Gasteiger partial charge in [0.25, 0.3) is 0 Å². The molecule has 2 nitrogen and oxygen atoms in total. The molecule has 2 heteroatoms. The van der Waals surface area contributed by atoms with Crippen molar-refractivity contribution in [2.75, 3.05) is 13.1 Å². The number of hydrogen-bond donors (Lipinski definition) is 0. The van der Waals surface area contributed by atoms with Crippen molar-refractivity contribution in [1.29, 1.82) is 0 Å². The molecule has 0 unspecified atom stereocenters. The van der Waals surface area contributed by atoms with Crippen LogP contribution < -0.4 is 0 Å². The first-order chi connectivity index (χ1) is 2.80. The van der Waals surface area contributed by atoms with Crippen molar-refractivity contribution >= 4 is 5.91 Å². The molecule has 0 saturated carbocycles. The fraction of sp³-hybridized carbons (Fsp3) is 0.500. The Labute approximate surface area is 36.7 Å². The average Bonchev–Trinajstić information content (AvgIpc) is 2.06. The second-order valence-corrected chi connectivity index (χ2v) is 1.38. The largest absolute Gasteiger partial charge is 0.339 e. The third kappa shape index (κ3) is 0.506. The van der Waals surface area contributed by atoms with Gasteiger partial charge in [-0.15, -0.1) is 0 Å². The molecule has 1 rings (SSSR count). The van der Waals surface area contributed by atoms with Gasteiger partial charge in [-0.05, 0) is 0 Å². The number of carbonyl (C=O) groups is 1. The van der Waals surface area contributed by atoms with Crippen LogP contribution >= 0.6 is 0 Å². The first-order valence-corrected chi connectivity index (χ1v) is 1.91. The van der Waals surface area contributed by atoms with Crippen LogP contribution in [-0.2, 0) is 4.79 Å². The van der Waals surface area contributed by atoms with Crippen LogP contribution in [0.1, 0.15) is 0 Å². The molecule has 0 aromatic rings. The first kappa shape index (κ1) is 3.65. The number of amides is 1. The van der Waals surface area contributed by atoms with Crippen LogP contribution in [-0.4, -0.2) is 23.9 Å². The number of carbonyl (C=O) groups excluding carboxylic acids is 1. The van der Waals surface area contributed by atoms with Crippen molar-refractivity contribution < 1.29 is 4.79 Å². The minimum Gasteiger partial charge on any atom is -0.339 e. The summed E-state index contributed by atoms with van der Waals surface area (Å²) in [6.45, 7) is 5.03. The van der Waals surface area contributed by atoms with Gasteiger partial charge in [-0.1, -0.05) is 0 Å². The number of hydrogen-bond acceptors (Lipinski definition) is 1. The molecule has 1 radical (unpaired) electrons. The van der Waals surface area contributed by atoms with E-state index in [2.05, 4.69) is 6.92 Å². The molecular weight excluding hydrogens is 78.0 g/mol. The van der Waals surface area contributed by atoms with E-state index in [4.69, 9.17) is 0 Å². The van der Waals surface area contributed by atoms with Crippen LogP contribution in [0.25, 0.3) is 0 Å². The van der Waals surface area contributed by atoms with Gasteiger partial charge < -0.3 is 4.90 Å². The van der Waals surface area contributed by atoms with Gasteiger partial charge in [-0.25, -0.2) is 0 Å². The normalized spacial score (nSPS) is 17.8. The maximum absolute atomic E-state index is 10.0. The Hall–Kier alpha value is -0.530. The molecule has 1 fully saturated rings. The predicted molar refractivity (Wildman–Crippen MR) is 21.9 cm³/mol. The molecule has 0 atom stereocenters. The van der Waals surface area contributed by atoms with Crippen LogP contribution in [0.15, 0.2) is 0 Å². The second kappa shape index (κ2) is 0.965. The van der Waals surface area contributed by atoms with Crippen molar-refractivity contribution in [3.63, 3.8) is 0 Å².